The third kappa shape index (κ3) is 2.05. The van der Waals surface area contributed by atoms with E-state index >= 15 is 0 Å². The van der Waals surface area contributed by atoms with Crippen LogP contribution in [-0.4, -0.2) is 52.3 Å². The lowest BCUT2D eigenvalue weighted by molar-refractivity contribution is 0.00149. The van der Waals surface area contributed by atoms with E-state index in [0.29, 0.717) is 18.8 Å². The van der Waals surface area contributed by atoms with E-state index < -0.39 is 0 Å². The summed E-state index contributed by atoms with van der Waals surface area (Å²) in [5.74, 6) is 0.427. The van der Waals surface area contributed by atoms with Gasteiger partial charge in [0, 0.05) is 30.4 Å². The Balaban J connectivity index is 1.37. The molecule has 5 heterocycles. The molecule has 0 unspecified atom stereocenters. The first-order valence-corrected chi connectivity index (χ1v) is 10.0. The first-order valence-electron chi connectivity index (χ1n) is 8.27. The lowest BCUT2D eigenvalue weighted by atomic mass is 9.74. The number of aliphatic hydroxyl groups is 1. The summed E-state index contributed by atoms with van der Waals surface area (Å²) in [6, 6.07) is 4.02. The average Bonchev–Trinajstić information content (AvgIpc) is 3.39. The molecule has 4 atom stereocenters. The molecule has 0 aromatic carbocycles. The molecule has 24 heavy (non-hydrogen) atoms. The van der Waals surface area contributed by atoms with Crippen LogP contribution in [0.4, 0.5) is 0 Å². The number of ether oxygens (including phenoxy) is 1. The highest BCUT2D eigenvalue weighted by molar-refractivity contribution is 7.20. The van der Waals surface area contributed by atoms with Crippen molar-refractivity contribution in [3.8, 4) is 9.88 Å². The number of carbonyl (C=O) groups is 1. The van der Waals surface area contributed by atoms with Gasteiger partial charge < -0.3 is 14.7 Å². The molecule has 3 fully saturated rings. The van der Waals surface area contributed by atoms with Gasteiger partial charge in [-0.25, -0.2) is 4.98 Å². The number of aromatic nitrogens is 1. The maximum Gasteiger partial charge on any atom is 0.273 e. The van der Waals surface area contributed by atoms with Gasteiger partial charge in [0.2, 0.25) is 0 Å². The molecule has 2 bridgehead atoms. The molecule has 3 aliphatic heterocycles. The fraction of sp³-hybridized carbons (Fsp3) is 0.529. The summed E-state index contributed by atoms with van der Waals surface area (Å²) >= 11 is 3.15. The maximum atomic E-state index is 12.9. The van der Waals surface area contributed by atoms with E-state index in [-0.39, 0.29) is 36.1 Å². The minimum absolute atomic E-state index is 0.0124. The van der Waals surface area contributed by atoms with E-state index in [2.05, 4.69) is 4.98 Å². The summed E-state index contributed by atoms with van der Waals surface area (Å²) in [6.07, 6.45) is 2.19. The number of hydrogen-bond acceptors (Lipinski definition) is 6. The van der Waals surface area contributed by atoms with Gasteiger partial charge in [-0.3, -0.25) is 4.79 Å². The fourth-order valence-corrected chi connectivity index (χ4v) is 6.24. The Morgan fingerprint density at radius 1 is 1.50 bits per heavy atom. The highest BCUT2D eigenvalue weighted by Crippen LogP contribution is 2.54. The lowest BCUT2D eigenvalue weighted by Gasteiger charge is -2.27. The molecule has 3 saturated heterocycles. The van der Waals surface area contributed by atoms with Crippen molar-refractivity contribution in [2.75, 3.05) is 19.7 Å². The molecule has 5 rings (SSSR count). The predicted molar refractivity (Wildman–Crippen MR) is 92.2 cm³/mol. The van der Waals surface area contributed by atoms with Crippen LogP contribution in [0.1, 0.15) is 23.3 Å². The van der Waals surface area contributed by atoms with Crippen LogP contribution in [0.3, 0.4) is 0 Å². The molecular formula is C17H18N2O3S2. The molecule has 5 nitrogen and oxygen atoms in total. The van der Waals surface area contributed by atoms with Crippen LogP contribution in [0.5, 0.6) is 0 Å². The Kier molecular flexibility index (Phi) is 3.35. The van der Waals surface area contributed by atoms with E-state index in [1.165, 1.54) is 11.3 Å². The molecule has 2 aromatic rings. The maximum absolute atomic E-state index is 12.9. The summed E-state index contributed by atoms with van der Waals surface area (Å²) in [4.78, 5) is 20.4. The Bertz CT molecular complexity index is 775. The van der Waals surface area contributed by atoms with Crippen LogP contribution in [0.2, 0.25) is 0 Å². The number of rotatable bonds is 3. The van der Waals surface area contributed by atoms with Crippen molar-refractivity contribution in [1.29, 1.82) is 0 Å². The van der Waals surface area contributed by atoms with Gasteiger partial charge in [-0.15, -0.1) is 22.7 Å². The van der Waals surface area contributed by atoms with Crippen molar-refractivity contribution in [2.24, 2.45) is 11.8 Å². The van der Waals surface area contributed by atoms with Gasteiger partial charge in [0.05, 0.1) is 23.1 Å². The molecule has 0 aliphatic carbocycles. The van der Waals surface area contributed by atoms with Crippen molar-refractivity contribution >= 4 is 28.6 Å². The Morgan fingerprint density at radius 2 is 2.42 bits per heavy atom. The van der Waals surface area contributed by atoms with E-state index in [9.17, 15) is 9.90 Å². The summed E-state index contributed by atoms with van der Waals surface area (Å²) in [6.45, 7) is 1.46. The van der Waals surface area contributed by atoms with Crippen molar-refractivity contribution in [3.63, 3.8) is 0 Å². The number of amides is 1. The van der Waals surface area contributed by atoms with Crippen LogP contribution in [0.25, 0.3) is 9.88 Å². The van der Waals surface area contributed by atoms with Gasteiger partial charge in [-0.1, -0.05) is 6.07 Å². The Labute approximate surface area is 147 Å². The van der Waals surface area contributed by atoms with Crippen molar-refractivity contribution < 1.29 is 14.6 Å². The molecule has 1 spiro atoms. The molecule has 0 saturated carbocycles. The minimum atomic E-state index is -0.222. The number of aliphatic hydroxyl groups excluding tert-OH is 1. The Hall–Kier alpha value is -1.28. The summed E-state index contributed by atoms with van der Waals surface area (Å²) in [5, 5.41) is 14.5. The predicted octanol–water partition coefficient (Wildman–Crippen LogP) is 2.48. The average molecular weight is 362 g/mol. The van der Waals surface area contributed by atoms with Gasteiger partial charge in [0.15, 0.2) is 0 Å². The molecule has 1 amide bonds. The smallest absolute Gasteiger partial charge is 0.273 e. The second-order valence-corrected chi connectivity index (χ2v) is 8.72. The second-order valence-electron chi connectivity index (χ2n) is 6.91. The standard InChI is InChI=1S/C17H18N2O3S2/c20-7-10-11-6-19(9-17(11)4-3-13(10)22-17)16(21)12-8-24-15(18-12)14-2-1-5-23-14/h1-2,5,8,10-11,13,20H,3-4,6-7,9H2/t10-,11+,13+,17+/m1/s1. The summed E-state index contributed by atoms with van der Waals surface area (Å²) < 4.78 is 6.20. The molecule has 126 valence electrons. The first kappa shape index (κ1) is 15.0. The van der Waals surface area contributed by atoms with Gasteiger partial charge in [0.25, 0.3) is 5.91 Å². The highest BCUT2D eigenvalue weighted by atomic mass is 32.1. The van der Waals surface area contributed by atoms with Gasteiger partial charge >= 0.3 is 0 Å². The SMILES string of the molecule is O=C(c1csc(-c2cccs2)n1)N1C[C@H]2[C@@H](CO)[C@@H]3CC[C@@]2(C1)O3. The number of nitrogens with zero attached hydrogens (tertiary/aromatic N) is 2. The van der Waals surface area contributed by atoms with Gasteiger partial charge in [-0.05, 0) is 24.3 Å². The van der Waals surface area contributed by atoms with Crippen LogP contribution < -0.4 is 0 Å². The number of hydrogen-bond donors (Lipinski definition) is 1. The second kappa shape index (κ2) is 5.36. The molecule has 7 heteroatoms. The fourth-order valence-electron chi connectivity index (χ4n) is 4.64. The number of thiazole rings is 1. The molecule has 2 aromatic heterocycles. The zero-order chi connectivity index (χ0) is 16.3. The van der Waals surface area contributed by atoms with E-state index in [0.717, 1.165) is 22.7 Å². The summed E-state index contributed by atoms with van der Waals surface area (Å²) in [7, 11) is 0. The number of fused-ring (bicyclic) bond motifs is 1. The van der Waals surface area contributed by atoms with Gasteiger partial charge in [0.1, 0.15) is 10.7 Å². The number of carbonyl (C=O) groups excluding carboxylic acids is 1. The summed E-state index contributed by atoms with van der Waals surface area (Å²) in [5.41, 5.74) is 0.301. The lowest BCUT2D eigenvalue weighted by Crippen LogP contribution is -2.38. The Morgan fingerprint density at radius 3 is 3.21 bits per heavy atom. The molecule has 3 aliphatic rings. The van der Waals surface area contributed by atoms with E-state index in [4.69, 9.17) is 4.74 Å². The van der Waals surface area contributed by atoms with Crippen LogP contribution in [-0.2, 0) is 4.74 Å². The molecule has 0 radical (unpaired) electrons. The van der Waals surface area contributed by atoms with Crippen molar-refractivity contribution in [2.45, 2.75) is 24.5 Å². The van der Waals surface area contributed by atoms with Crippen LogP contribution in [0.15, 0.2) is 22.9 Å². The number of likely N-dealkylation sites (tertiary alicyclic amines) is 1. The van der Waals surface area contributed by atoms with Gasteiger partial charge in [-0.2, -0.15) is 0 Å². The highest BCUT2D eigenvalue weighted by Gasteiger charge is 2.63. The zero-order valence-corrected chi connectivity index (χ0v) is 14.7. The first-order chi connectivity index (χ1) is 11.7. The van der Waals surface area contributed by atoms with Crippen molar-refractivity contribution in [1.82, 2.24) is 9.88 Å². The largest absolute Gasteiger partial charge is 0.396 e. The minimum Gasteiger partial charge on any atom is -0.396 e. The third-order valence-corrected chi connectivity index (χ3v) is 7.62. The third-order valence-electron chi connectivity index (χ3n) is 5.74. The van der Waals surface area contributed by atoms with E-state index in [1.54, 1.807) is 11.3 Å². The number of thiophene rings is 1. The van der Waals surface area contributed by atoms with E-state index in [1.807, 2.05) is 27.8 Å². The quantitative estimate of drug-likeness (QED) is 0.911. The van der Waals surface area contributed by atoms with Crippen LogP contribution in [0, 0.1) is 11.8 Å². The van der Waals surface area contributed by atoms with Crippen LogP contribution >= 0.6 is 22.7 Å². The normalized spacial score (nSPS) is 34.0. The molecular weight excluding hydrogens is 344 g/mol. The van der Waals surface area contributed by atoms with Crippen molar-refractivity contribution in [3.05, 3.63) is 28.6 Å². The monoisotopic (exact) mass is 362 g/mol. The zero-order valence-electron chi connectivity index (χ0n) is 13.1. The topological polar surface area (TPSA) is 62.7 Å². The molecule has 1 N–H and O–H groups in total.